The Labute approximate surface area is 275 Å². The van der Waals surface area contributed by atoms with Crippen LogP contribution in [0.1, 0.15) is 89.5 Å². The Morgan fingerprint density at radius 3 is 0.913 bits per heavy atom. The Bertz CT molecular complexity index is 1090. The summed E-state index contributed by atoms with van der Waals surface area (Å²) in [4.78, 5) is 86.8. The second kappa shape index (κ2) is 17.1. The second-order valence-electron chi connectivity index (χ2n) is 14.4. The number of esters is 3. The highest BCUT2D eigenvalue weighted by Crippen LogP contribution is 2.25. The van der Waals surface area contributed by atoms with Crippen LogP contribution in [0.2, 0.25) is 0 Å². The normalized spacial score (nSPS) is 27.8. The summed E-state index contributed by atoms with van der Waals surface area (Å²) in [7, 11) is 4.33. The zero-order valence-electron chi connectivity index (χ0n) is 30.7. The van der Waals surface area contributed by atoms with Crippen molar-refractivity contribution in [3.8, 4) is 0 Å². The third kappa shape index (κ3) is 9.44. The lowest BCUT2D eigenvalue weighted by Gasteiger charge is -2.38. The van der Waals surface area contributed by atoms with Crippen LogP contribution in [0.15, 0.2) is 0 Å². The summed E-state index contributed by atoms with van der Waals surface area (Å²) in [5, 5.41) is 0. The van der Waals surface area contributed by atoms with E-state index in [1.165, 1.54) is 35.8 Å². The number of rotatable bonds is 7. The van der Waals surface area contributed by atoms with Crippen molar-refractivity contribution in [2.24, 2.45) is 35.5 Å². The fourth-order valence-corrected chi connectivity index (χ4v) is 5.76. The molecule has 1 aliphatic heterocycles. The van der Waals surface area contributed by atoms with Gasteiger partial charge in [0.1, 0.15) is 18.1 Å². The highest BCUT2D eigenvalue weighted by Gasteiger charge is 2.45. The number of carbonyl (C=O) groups excluding carboxylic acids is 6. The maximum atomic E-state index is 14.0. The van der Waals surface area contributed by atoms with Gasteiger partial charge in [0.05, 0.1) is 0 Å². The van der Waals surface area contributed by atoms with Crippen molar-refractivity contribution >= 4 is 35.6 Å². The molecule has 0 spiro atoms. The van der Waals surface area contributed by atoms with Crippen LogP contribution in [0.25, 0.3) is 0 Å². The van der Waals surface area contributed by atoms with Gasteiger partial charge in [-0.3, -0.25) is 14.4 Å². The molecular formula is C34H59N3O9. The van der Waals surface area contributed by atoms with E-state index in [1.807, 2.05) is 6.92 Å². The van der Waals surface area contributed by atoms with Crippen molar-refractivity contribution in [3.05, 3.63) is 0 Å². The van der Waals surface area contributed by atoms with Crippen LogP contribution >= 0.6 is 0 Å². The van der Waals surface area contributed by atoms with Crippen molar-refractivity contribution in [1.29, 1.82) is 0 Å². The molecule has 7 atom stereocenters. The zero-order valence-corrected chi connectivity index (χ0v) is 30.7. The molecule has 0 radical (unpaired) electrons. The quantitative estimate of drug-likeness (QED) is 0.298. The summed E-state index contributed by atoms with van der Waals surface area (Å²) < 4.78 is 17.5. The summed E-state index contributed by atoms with van der Waals surface area (Å²) in [5.41, 5.74) is 0. The first-order valence-electron chi connectivity index (χ1n) is 16.5. The van der Waals surface area contributed by atoms with Crippen molar-refractivity contribution < 1.29 is 43.0 Å². The van der Waals surface area contributed by atoms with Gasteiger partial charge >= 0.3 is 17.9 Å². The van der Waals surface area contributed by atoms with Gasteiger partial charge < -0.3 is 28.9 Å². The monoisotopic (exact) mass is 653 g/mol. The van der Waals surface area contributed by atoms with Crippen LogP contribution in [0, 0.1) is 35.5 Å². The highest BCUT2D eigenvalue weighted by molar-refractivity contribution is 5.94. The molecule has 0 saturated carbocycles. The van der Waals surface area contributed by atoms with Gasteiger partial charge in [-0.2, -0.15) is 0 Å². The van der Waals surface area contributed by atoms with Crippen molar-refractivity contribution in [3.63, 3.8) is 0 Å². The number of carbonyl (C=O) groups is 6. The minimum absolute atomic E-state index is 0.380. The lowest BCUT2D eigenvalue weighted by atomic mass is 9.95. The topological polar surface area (TPSA) is 140 Å². The van der Waals surface area contributed by atoms with Gasteiger partial charge in [0.25, 0.3) is 17.7 Å². The molecule has 0 N–H and O–H groups in total. The molecule has 0 aromatic heterocycles. The van der Waals surface area contributed by atoms with E-state index in [0.29, 0.717) is 6.42 Å². The molecule has 0 aromatic carbocycles. The lowest BCUT2D eigenvalue weighted by Crippen LogP contribution is -2.58. The van der Waals surface area contributed by atoms with E-state index < -0.39 is 102 Å². The Morgan fingerprint density at radius 2 is 0.696 bits per heavy atom. The molecule has 1 fully saturated rings. The van der Waals surface area contributed by atoms with E-state index in [1.54, 1.807) is 76.2 Å². The minimum atomic E-state index is -1.28. The summed E-state index contributed by atoms with van der Waals surface area (Å²) >= 11 is 0. The Balaban J connectivity index is 3.97. The van der Waals surface area contributed by atoms with Crippen molar-refractivity contribution in [2.75, 3.05) is 21.1 Å². The minimum Gasteiger partial charge on any atom is -0.450 e. The SMILES string of the molecule is CC[C@H](C)[C@H]1C(=O)O[C@H](C(C)C)C(=O)N(C)[C@H](C(C)C)C(=O)O[C@H](C(C)C)C(=O)N(C)[C@@H](C(C)C)C(=O)O[C@H](C(C)C)C(=O)N1C. The number of ether oxygens (including phenoxy) is 3. The van der Waals surface area contributed by atoms with Gasteiger partial charge in [-0.25, -0.2) is 14.4 Å². The van der Waals surface area contributed by atoms with Gasteiger partial charge in [0, 0.05) is 21.1 Å². The number of likely N-dealkylation sites (N-methyl/N-ethyl adjacent to an activating group) is 3. The number of cyclic esters (lactones) is 3. The van der Waals surface area contributed by atoms with E-state index in [0.717, 1.165) is 0 Å². The standard InChI is InChI=1S/C34H59N3O9/c1-16-22(12)25-34(43)46-27(20(8)9)30(39)36(14)23(17(2)3)32(41)44-26(19(6)7)29(38)35(13)24(18(4)5)33(42)45-28(21(10)11)31(40)37(25)15/h17-28H,16H2,1-15H3/t22-,23+,24-,25-,26+,27+,28+/m0/s1. The molecule has 0 aliphatic carbocycles. The molecule has 0 bridgehead atoms. The Kier molecular flexibility index (Phi) is 15.2. The molecule has 46 heavy (non-hydrogen) atoms. The third-order valence-corrected chi connectivity index (χ3v) is 8.74. The van der Waals surface area contributed by atoms with E-state index in [-0.39, 0.29) is 5.92 Å². The molecule has 12 nitrogen and oxygen atoms in total. The predicted molar refractivity (Wildman–Crippen MR) is 173 cm³/mol. The van der Waals surface area contributed by atoms with Gasteiger partial charge in [0.15, 0.2) is 18.3 Å². The Morgan fingerprint density at radius 1 is 0.457 bits per heavy atom. The van der Waals surface area contributed by atoms with Gasteiger partial charge in [-0.1, -0.05) is 89.5 Å². The summed E-state index contributed by atoms with van der Waals surface area (Å²) in [6.45, 7) is 20.9. The van der Waals surface area contributed by atoms with Gasteiger partial charge in [0.2, 0.25) is 0 Å². The second-order valence-corrected chi connectivity index (χ2v) is 14.4. The first-order valence-corrected chi connectivity index (χ1v) is 16.5. The molecule has 1 aliphatic rings. The van der Waals surface area contributed by atoms with Crippen molar-refractivity contribution in [2.45, 2.75) is 126 Å². The average molecular weight is 654 g/mol. The first kappa shape index (κ1) is 40.8. The van der Waals surface area contributed by atoms with Crippen LogP contribution in [-0.2, 0) is 43.0 Å². The summed E-state index contributed by atoms with van der Waals surface area (Å²) in [6.07, 6.45) is -3.33. The fraction of sp³-hybridized carbons (Fsp3) is 0.824. The maximum absolute atomic E-state index is 14.0. The lowest BCUT2D eigenvalue weighted by molar-refractivity contribution is -0.181. The molecule has 3 amide bonds. The Hall–Kier alpha value is -3.18. The number of hydrogen-bond acceptors (Lipinski definition) is 9. The summed E-state index contributed by atoms with van der Waals surface area (Å²) in [5.74, 6) is -6.92. The predicted octanol–water partition coefficient (Wildman–Crippen LogP) is 3.54. The first-order chi connectivity index (χ1) is 21.1. The molecule has 0 aromatic rings. The molecule has 1 heterocycles. The molecule has 264 valence electrons. The van der Waals surface area contributed by atoms with Crippen LogP contribution in [-0.4, -0.2) is 108 Å². The maximum Gasteiger partial charge on any atom is 0.329 e. The van der Waals surface area contributed by atoms with Crippen LogP contribution in [0.4, 0.5) is 0 Å². The van der Waals surface area contributed by atoms with Crippen molar-refractivity contribution in [1.82, 2.24) is 14.7 Å². The van der Waals surface area contributed by atoms with E-state index in [9.17, 15) is 28.8 Å². The van der Waals surface area contributed by atoms with Gasteiger partial charge in [-0.15, -0.1) is 0 Å². The number of nitrogens with zero attached hydrogens (tertiary/aromatic N) is 3. The van der Waals surface area contributed by atoms with Gasteiger partial charge in [-0.05, 0) is 35.5 Å². The van der Waals surface area contributed by atoms with E-state index >= 15 is 0 Å². The van der Waals surface area contributed by atoms with E-state index in [2.05, 4.69) is 0 Å². The number of hydrogen-bond donors (Lipinski definition) is 0. The smallest absolute Gasteiger partial charge is 0.329 e. The largest absolute Gasteiger partial charge is 0.450 e. The average Bonchev–Trinajstić information content (AvgIpc) is 2.94. The third-order valence-electron chi connectivity index (χ3n) is 8.74. The number of amides is 3. The molecule has 1 saturated heterocycles. The van der Waals surface area contributed by atoms with E-state index in [4.69, 9.17) is 14.2 Å². The molecule has 0 unspecified atom stereocenters. The summed E-state index contributed by atoms with van der Waals surface area (Å²) in [6, 6.07) is -3.32. The molecule has 12 heteroatoms. The van der Waals surface area contributed by atoms with Crippen LogP contribution < -0.4 is 0 Å². The molecular weight excluding hydrogens is 594 g/mol. The zero-order chi connectivity index (χ0) is 36.0. The van der Waals surface area contributed by atoms with Crippen LogP contribution in [0.5, 0.6) is 0 Å². The highest BCUT2D eigenvalue weighted by atomic mass is 16.6. The molecule has 1 rings (SSSR count). The van der Waals surface area contributed by atoms with Crippen LogP contribution in [0.3, 0.4) is 0 Å². The fourth-order valence-electron chi connectivity index (χ4n) is 5.76.